The largest absolute Gasteiger partial charge is 0.341 e. The minimum Gasteiger partial charge on any atom is -0.341 e. The Hall–Kier alpha value is -6.99. The molecule has 1 saturated carbocycles. The molecule has 0 spiro atoms. The summed E-state index contributed by atoms with van der Waals surface area (Å²) < 4.78 is 59.2. The van der Waals surface area contributed by atoms with Gasteiger partial charge in [-0.15, -0.1) is 0 Å². The maximum atomic E-state index is 16.5. The average molecular weight is 1120 g/mol. The Kier molecular flexibility index (Phi) is 18.6. The number of hydrogen-bond donors (Lipinski definition) is 3. The Balaban J connectivity index is 0.659. The van der Waals surface area contributed by atoms with Crippen molar-refractivity contribution >= 4 is 40.3 Å². The molecule has 5 fully saturated rings. The maximum Gasteiger partial charge on any atom is 0.272 e. The van der Waals surface area contributed by atoms with Gasteiger partial charge in [0.25, 0.3) is 17.4 Å². The first-order valence-corrected chi connectivity index (χ1v) is 29.1. The summed E-state index contributed by atoms with van der Waals surface area (Å²) >= 11 is 0. The van der Waals surface area contributed by atoms with Crippen LogP contribution in [0.15, 0.2) is 83.7 Å². The Morgan fingerprint density at radius 2 is 1.36 bits per heavy atom. The number of nitrogens with one attached hydrogen (secondary N) is 3. The van der Waals surface area contributed by atoms with Crippen LogP contribution in [-0.4, -0.2) is 149 Å². The third-order valence-corrected chi connectivity index (χ3v) is 17.8. The van der Waals surface area contributed by atoms with Crippen molar-refractivity contribution in [1.29, 1.82) is 0 Å². The van der Waals surface area contributed by atoms with Crippen molar-refractivity contribution in [2.45, 2.75) is 102 Å². The summed E-state index contributed by atoms with van der Waals surface area (Å²) in [4.78, 5) is 90.4. The molecule has 3 N–H and O–H groups in total. The second-order valence-electron chi connectivity index (χ2n) is 23.0. The van der Waals surface area contributed by atoms with Crippen LogP contribution in [0.25, 0.3) is 10.8 Å². The van der Waals surface area contributed by atoms with Crippen molar-refractivity contribution in [2.75, 3.05) is 78.5 Å². The zero-order chi connectivity index (χ0) is 56.6. The fourth-order valence-electron chi connectivity index (χ4n) is 13.1. The molecule has 4 saturated heterocycles. The Morgan fingerprint density at radius 3 is 2.10 bits per heavy atom. The number of H-pyrrole nitrogens is 1. The molecule has 0 radical (unpaired) electrons. The number of piperidine rings is 3. The standard InChI is InChI=1S/C62H73F4N9O6/c63-46-17-16-44(53(65)35-46)36-67-37-55(76)75-23-7-10-45(38-75)47-13-6-14-50(57(47)66)59(78)68-58(43-8-2-1-3-9-43)62(81)73-26-21-41(22-27-73)32-40-19-24-71(25-20-40)39-56(77)72-28-30-74(31-29-72)61(80)51-33-42(15-18-52(51)64)34-54-48-11-4-5-12-49(48)60(79)70-69-54/h4-6,11-18,33,35,40-41,43,45,58,67H,1-3,7-10,19-32,34,36-39H2,(H,68,78)(H,70,79)/t45?,58-/m1/s1. The minimum absolute atomic E-state index is 0.0152. The normalized spacial score (nSPS) is 19.4. The van der Waals surface area contributed by atoms with E-state index < -0.39 is 41.1 Å². The number of benzene rings is 4. The highest BCUT2D eigenvalue weighted by molar-refractivity contribution is 5.98. The Morgan fingerprint density at radius 1 is 0.642 bits per heavy atom. The maximum absolute atomic E-state index is 16.5. The molecule has 430 valence electrons. The lowest BCUT2D eigenvalue weighted by Gasteiger charge is -2.39. The highest BCUT2D eigenvalue weighted by Gasteiger charge is 2.38. The second-order valence-corrected chi connectivity index (χ2v) is 23.0. The van der Waals surface area contributed by atoms with Crippen LogP contribution in [0.4, 0.5) is 17.6 Å². The molecule has 5 heterocycles. The SMILES string of the molecule is O=C(N[C@@H](C(=O)N1CCC(CC2CCN(CC(=O)N3CCN(C(=O)c4cc(Cc5n[nH]c(=O)c6ccccc56)ccc4F)CC3)CC2)CC1)C1CCCCC1)c1cccc(C2CCCN(C(=O)CNCc3ccc(F)cc3F)C2)c1F. The fourth-order valence-corrected chi connectivity index (χ4v) is 13.1. The Bertz CT molecular complexity index is 3150. The van der Waals surface area contributed by atoms with Crippen LogP contribution < -0.4 is 16.2 Å². The number of carbonyl (C=O) groups is 5. The zero-order valence-electron chi connectivity index (χ0n) is 45.9. The van der Waals surface area contributed by atoms with E-state index in [2.05, 4.69) is 25.7 Å². The highest BCUT2D eigenvalue weighted by atomic mass is 19.1. The van der Waals surface area contributed by atoms with Crippen LogP contribution in [0.2, 0.25) is 0 Å². The van der Waals surface area contributed by atoms with Crippen molar-refractivity contribution in [3.05, 3.63) is 146 Å². The number of likely N-dealkylation sites (tertiary alicyclic amines) is 3. The van der Waals surface area contributed by atoms with Crippen LogP contribution in [0.1, 0.15) is 126 Å². The first-order chi connectivity index (χ1) is 39.3. The molecule has 1 aromatic heterocycles. The molecule has 2 atom stereocenters. The van der Waals surface area contributed by atoms with Gasteiger partial charge in [0.05, 0.1) is 35.3 Å². The van der Waals surface area contributed by atoms with Gasteiger partial charge in [0, 0.05) is 88.3 Å². The van der Waals surface area contributed by atoms with Gasteiger partial charge in [-0.3, -0.25) is 33.7 Å². The van der Waals surface area contributed by atoms with Crippen molar-refractivity contribution in [3.63, 3.8) is 0 Å². The molecule has 0 bridgehead atoms. The van der Waals surface area contributed by atoms with Gasteiger partial charge in [0.1, 0.15) is 29.3 Å². The van der Waals surface area contributed by atoms with Gasteiger partial charge in [-0.05, 0) is 130 Å². The number of nitrogens with zero attached hydrogens (tertiary/aromatic N) is 6. The molecule has 5 aliphatic rings. The summed E-state index contributed by atoms with van der Waals surface area (Å²) in [6, 6.07) is 18.9. The first kappa shape index (κ1) is 57.3. The van der Waals surface area contributed by atoms with Crippen molar-refractivity contribution in [3.8, 4) is 0 Å². The minimum atomic E-state index is -0.774. The Labute approximate surface area is 469 Å². The molecular formula is C62H73F4N9O6. The van der Waals surface area contributed by atoms with Crippen molar-refractivity contribution < 1.29 is 41.5 Å². The van der Waals surface area contributed by atoms with Crippen LogP contribution >= 0.6 is 0 Å². The lowest BCUT2D eigenvalue weighted by Crippen LogP contribution is -2.54. The molecule has 10 rings (SSSR count). The molecule has 5 amide bonds. The number of hydrogen-bond acceptors (Lipinski definition) is 9. The van der Waals surface area contributed by atoms with Crippen LogP contribution in [-0.2, 0) is 27.3 Å². The van der Waals surface area contributed by atoms with Gasteiger partial charge in [-0.2, -0.15) is 5.10 Å². The van der Waals surface area contributed by atoms with Gasteiger partial charge < -0.3 is 30.2 Å². The summed E-state index contributed by atoms with van der Waals surface area (Å²) in [5.41, 5.74) is 1.42. The predicted octanol–water partition coefficient (Wildman–Crippen LogP) is 7.57. The molecule has 5 aromatic rings. The molecule has 15 nitrogen and oxygen atoms in total. The number of aromatic amines is 1. The van der Waals surface area contributed by atoms with Gasteiger partial charge in [-0.1, -0.05) is 61.7 Å². The topological polar surface area (TPSA) is 171 Å². The number of carbonyl (C=O) groups excluding carboxylic acids is 5. The molecular weight excluding hydrogens is 1040 g/mol. The number of rotatable bonds is 16. The number of fused-ring (bicyclic) bond motifs is 1. The van der Waals surface area contributed by atoms with Crippen molar-refractivity contribution in [2.24, 2.45) is 17.8 Å². The van der Waals surface area contributed by atoms with E-state index in [0.717, 1.165) is 89.4 Å². The summed E-state index contributed by atoms with van der Waals surface area (Å²) in [5, 5.41) is 13.9. The van der Waals surface area contributed by atoms with E-state index in [1.54, 1.807) is 51.1 Å². The van der Waals surface area contributed by atoms with E-state index >= 15 is 8.78 Å². The molecule has 1 unspecified atom stereocenters. The number of amides is 5. The highest BCUT2D eigenvalue weighted by Crippen LogP contribution is 2.34. The summed E-state index contributed by atoms with van der Waals surface area (Å²) in [7, 11) is 0. The van der Waals surface area contributed by atoms with Gasteiger partial charge >= 0.3 is 0 Å². The fraction of sp³-hybridized carbons (Fsp3) is 0.500. The quantitative estimate of drug-likeness (QED) is 0.0844. The second kappa shape index (κ2) is 26.3. The average Bonchev–Trinajstić information content (AvgIpc) is 3.54. The van der Waals surface area contributed by atoms with Gasteiger partial charge in [-0.25, -0.2) is 22.7 Å². The zero-order valence-corrected chi connectivity index (χ0v) is 45.9. The van der Waals surface area contributed by atoms with E-state index in [1.807, 2.05) is 17.0 Å². The molecule has 1 aliphatic carbocycles. The lowest BCUT2D eigenvalue weighted by atomic mass is 9.81. The van der Waals surface area contributed by atoms with Crippen LogP contribution in [0.5, 0.6) is 0 Å². The van der Waals surface area contributed by atoms with Gasteiger partial charge in [0.15, 0.2) is 0 Å². The summed E-state index contributed by atoms with van der Waals surface area (Å²) in [6.45, 7) is 5.09. The molecule has 4 aliphatic heterocycles. The third-order valence-electron chi connectivity index (χ3n) is 17.8. The van der Waals surface area contributed by atoms with E-state index in [0.29, 0.717) is 111 Å². The molecule has 19 heteroatoms. The van der Waals surface area contributed by atoms with Crippen LogP contribution in [0.3, 0.4) is 0 Å². The van der Waals surface area contributed by atoms with Crippen LogP contribution in [0, 0.1) is 41.0 Å². The van der Waals surface area contributed by atoms with E-state index in [-0.39, 0.29) is 71.4 Å². The van der Waals surface area contributed by atoms with E-state index in [9.17, 15) is 37.5 Å². The third kappa shape index (κ3) is 13.9. The monoisotopic (exact) mass is 1120 g/mol. The first-order valence-electron chi connectivity index (χ1n) is 29.1. The lowest BCUT2D eigenvalue weighted by molar-refractivity contribution is -0.137. The predicted molar refractivity (Wildman–Crippen MR) is 298 cm³/mol. The number of halogens is 4. The summed E-state index contributed by atoms with van der Waals surface area (Å²) in [5.74, 6) is -3.48. The van der Waals surface area contributed by atoms with Crippen molar-refractivity contribution in [1.82, 2.24) is 45.3 Å². The molecule has 81 heavy (non-hydrogen) atoms. The smallest absolute Gasteiger partial charge is 0.272 e. The van der Waals surface area contributed by atoms with E-state index in [4.69, 9.17) is 0 Å². The number of aromatic nitrogens is 2. The summed E-state index contributed by atoms with van der Waals surface area (Å²) in [6.07, 6.45) is 10.8. The number of piperazine rings is 1. The van der Waals surface area contributed by atoms with Gasteiger partial charge in [0.2, 0.25) is 17.7 Å². The molecule has 4 aromatic carbocycles. The van der Waals surface area contributed by atoms with E-state index in [1.165, 1.54) is 18.2 Å².